The standard InChI is InChI=1S/C34H45F3N4O6/c1-18(2)28(42)27-21(16-34(35,36)37)26-17-41(27)31(43)29(33(3,4)5)40-32(44)47-25-14-19(25)10-8-7-9-11-23-30(46-26)39-24-15-20(45-6)12-13-22(24)38-23/h12-13,15,18-19,21,25-27,29H,7-11,14,16-17H2,1-6H3,(H,40,44). The first-order chi connectivity index (χ1) is 22.1. The number of Topliss-reactive ketones (excluding diaryl/α,β-unsaturated/α-hetero) is 1. The van der Waals surface area contributed by atoms with Crippen molar-refractivity contribution < 1.29 is 41.8 Å². The third-order valence-electron chi connectivity index (χ3n) is 9.36. The van der Waals surface area contributed by atoms with E-state index >= 15 is 0 Å². The smallest absolute Gasteiger partial charge is 0.408 e. The van der Waals surface area contributed by atoms with Gasteiger partial charge in [-0.05, 0) is 49.1 Å². The maximum atomic E-state index is 14.3. The number of rotatable bonds is 4. The molecule has 47 heavy (non-hydrogen) atoms. The largest absolute Gasteiger partial charge is 0.497 e. The van der Waals surface area contributed by atoms with Crippen molar-refractivity contribution in [2.75, 3.05) is 13.7 Å². The molecular weight excluding hydrogens is 617 g/mol. The third-order valence-corrected chi connectivity index (χ3v) is 9.36. The van der Waals surface area contributed by atoms with Crippen LogP contribution in [-0.2, 0) is 20.7 Å². The first-order valence-corrected chi connectivity index (χ1v) is 16.4. The molecule has 0 spiro atoms. The summed E-state index contributed by atoms with van der Waals surface area (Å²) in [5.74, 6) is -2.46. The lowest BCUT2D eigenvalue weighted by molar-refractivity contribution is -0.156. The van der Waals surface area contributed by atoms with Crippen LogP contribution in [0.4, 0.5) is 18.0 Å². The maximum absolute atomic E-state index is 14.3. The van der Waals surface area contributed by atoms with Crippen LogP contribution < -0.4 is 14.8 Å². The summed E-state index contributed by atoms with van der Waals surface area (Å²) in [6.45, 7) is 8.09. The minimum Gasteiger partial charge on any atom is -0.497 e. The molecule has 3 heterocycles. The quantitative estimate of drug-likeness (QED) is 0.421. The Hall–Kier alpha value is -3.64. The molecule has 0 radical (unpaired) electrons. The molecule has 258 valence electrons. The zero-order valence-electron chi connectivity index (χ0n) is 27.9. The van der Waals surface area contributed by atoms with E-state index in [9.17, 15) is 27.6 Å². The van der Waals surface area contributed by atoms with Crippen LogP contribution in [0, 0.1) is 23.2 Å². The summed E-state index contributed by atoms with van der Waals surface area (Å²) in [5.41, 5.74) is 0.659. The van der Waals surface area contributed by atoms with Gasteiger partial charge in [-0.2, -0.15) is 13.2 Å². The number of hydrogen-bond donors (Lipinski definition) is 1. The fraction of sp³-hybridized carbons (Fsp3) is 0.676. The number of aromatic nitrogens is 2. The molecule has 2 amide bonds. The van der Waals surface area contributed by atoms with Gasteiger partial charge < -0.3 is 24.4 Å². The van der Waals surface area contributed by atoms with Gasteiger partial charge in [-0.15, -0.1) is 0 Å². The molecule has 1 aromatic heterocycles. The van der Waals surface area contributed by atoms with Gasteiger partial charge in [0.05, 0.1) is 37.2 Å². The Morgan fingerprint density at radius 3 is 2.47 bits per heavy atom. The van der Waals surface area contributed by atoms with Gasteiger partial charge in [-0.25, -0.2) is 14.8 Å². The molecular formula is C34H45F3N4O6. The van der Waals surface area contributed by atoms with Gasteiger partial charge in [0.2, 0.25) is 11.8 Å². The minimum atomic E-state index is -4.66. The molecule has 6 unspecified atom stereocenters. The van der Waals surface area contributed by atoms with E-state index in [0.717, 1.165) is 32.1 Å². The molecule has 1 aromatic carbocycles. The highest BCUT2D eigenvalue weighted by Gasteiger charge is 2.55. The number of aryl methyl sites for hydroxylation is 1. The van der Waals surface area contributed by atoms with E-state index in [2.05, 4.69) is 5.32 Å². The summed E-state index contributed by atoms with van der Waals surface area (Å²) in [6.07, 6.45) is -3.70. The van der Waals surface area contributed by atoms with Crippen molar-refractivity contribution in [3.8, 4) is 11.6 Å². The molecule has 2 aliphatic heterocycles. The number of alkyl carbamates (subject to hydrolysis) is 1. The van der Waals surface area contributed by atoms with Gasteiger partial charge in [0.1, 0.15) is 29.7 Å². The second-order valence-corrected chi connectivity index (χ2v) is 14.4. The van der Waals surface area contributed by atoms with Crippen LogP contribution in [0.3, 0.4) is 0 Å². The third kappa shape index (κ3) is 8.09. The van der Waals surface area contributed by atoms with Crippen molar-refractivity contribution in [1.82, 2.24) is 20.2 Å². The zero-order chi connectivity index (χ0) is 34.3. The topological polar surface area (TPSA) is 120 Å². The average molecular weight is 663 g/mol. The number of carbonyl (C=O) groups is 3. The highest BCUT2D eigenvalue weighted by molar-refractivity contribution is 5.94. The van der Waals surface area contributed by atoms with E-state index < -0.39 is 65.8 Å². The Labute approximate surface area is 273 Å². The van der Waals surface area contributed by atoms with Crippen LogP contribution in [0.25, 0.3) is 11.0 Å². The van der Waals surface area contributed by atoms with Gasteiger partial charge in [-0.3, -0.25) is 9.59 Å². The monoisotopic (exact) mass is 662 g/mol. The van der Waals surface area contributed by atoms with Gasteiger partial charge in [0.15, 0.2) is 5.78 Å². The highest BCUT2D eigenvalue weighted by Crippen LogP contribution is 2.41. The van der Waals surface area contributed by atoms with E-state index in [0.29, 0.717) is 28.9 Å². The number of hydrogen-bond acceptors (Lipinski definition) is 8. The molecule has 1 saturated heterocycles. The number of methoxy groups -OCH3 is 1. The van der Waals surface area contributed by atoms with Crippen molar-refractivity contribution >= 4 is 28.8 Å². The SMILES string of the molecule is COc1ccc2nc3c(nc2c1)OC1CN(C(=O)C(C(C)(C)C)NC(=O)OC2CC2CCCCC3)C(C(=O)C(C)C)C1CC(F)(F)F. The van der Waals surface area contributed by atoms with E-state index in [4.69, 9.17) is 24.2 Å². The lowest BCUT2D eigenvalue weighted by Crippen LogP contribution is -2.57. The van der Waals surface area contributed by atoms with E-state index in [-0.39, 0.29) is 24.4 Å². The van der Waals surface area contributed by atoms with Crippen molar-refractivity contribution in [2.45, 2.75) is 110 Å². The summed E-state index contributed by atoms with van der Waals surface area (Å²) < 4.78 is 60.0. The van der Waals surface area contributed by atoms with Gasteiger partial charge in [-0.1, -0.05) is 47.5 Å². The molecule has 1 saturated carbocycles. The fourth-order valence-corrected chi connectivity index (χ4v) is 6.67. The van der Waals surface area contributed by atoms with E-state index in [1.54, 1.807) is 52.8 Å². The van der Waals surface area contributed by atoms with Gasteiger partial charge >= 0.3 is 12.3 Å². The maximum Gasteiger partial charge on any atom is 0.408 e. The van der Waals surface area contributed by atoms with Crippen LogP contribution in [0.2, 0.25) is 0 Å². The number of halogens is 3. The molecule has 2 bridgehead atoms. The zero-order valence-corrected chi connectivity index (χ0v) is 27.9. The summed E-state index contributed by atoms with van der Waals surface area (Å²) in [4.78, 5) is 51.8. The highest BCUT2D eigenvalue weighted by atomic mass is 19.4. The van der Waals surface area contributed by atoms with Crippen molar-refractivity contribution in [2.24, 2.45) is 23.2 Å². The normalized spacial score (nSPS) is 27.6. The molecule has 6 atom stereocenters. The summed E-state index contributed by atoms with van der Waals surface area (Å²) >= 11 is 0. The van der Waals surface area contributed by atoms with Crippen LogP contribution in [0.15, 0.2) is 18.2 Å². The lowest BCUT2D eigenvalue weighted by atomic mass is 9.84. The number of carbonyl (C=O) groups excluding carboxylic acids is 3. The summed E-state index contributed by atoms with van der Waals surface area (Å²) in [5, 5.41) is 2.69. The average Bonchev–Trinajstić information content (AvgIpc) is 3.63. The predicted molar refractivity (Wildman–Crippen MR) is 167 cm³/mol. The van der Waals surface area contributed by atoms with Crippen molar-refractivity contribution in [1.29, 1.82) is 0 Å². The number of ketones is 1. The molecule has 1 aliphatic carbocycles. The number of nitrogens with zero attached hydrogens (tertiary/aromatic N) is 3. The Morgan fingerprint density at radius 1 is 1.06 bits per heavy atom. The van der Waals surface area contributed by atoms with Crippen LogP contribution in [0.1, 0.15) is 78.8 Å². The number of fused-ring (bicyclic) bond motifs is 5. The van der Waals surface area contributed by atoms with Crippen LogP contribution in [-0.4, -0.2) is 76.8 Å². The Kier molecular flexibility index (Phi) is 9.94. The fourth-order valence-electron chi connectivity index (χ4n) is 6.67. The van der Waals surface area contributed by atoms with E-state index in [1.165, 1.54) is 12.0 Å². The van der Waals surface area contributed by atoms with Gasteiger partial charge in [0, 0.05) is 17.9 Å². The predicted octanol–water partition coefficient (Wildman–Crippen LogP) is 6.04. The van der Waals surface area contributed by atoms with Crippen molar-refractivity contribution in [3.05, 3.63) is 23.9 Å². The number of ether oxygens (including phenoxy) is 3. The number of amides is 2. The number of alkyl halides is 3. The summed E-state index contributed by atoms with van der Waals surface area (Å²) in [7, 11) is 1.51. The van der Waals surface area contributed by atoms with Crippen molar-refractivity contribution in [3.63, 3.8) is 0 Å². The lowest BCUT2D eigenvalue weighted by Gasteiger charge is -2.36. The van der Waals surface area contributed by atoms with Crippen LogP contribution in [0.5, 0.6) is 11.6 Å². The first-order valence-electron chi connectivity index (χ1n) is 16.4. The second kappa shape index (κ2) is 13.5. The van der Waals surface area contributed by atoms with E-state index in [1.807, 2.05) is 0 Å². The molecule has 3 aliphatic rings. The number of benzene rings is 1. The molecule has 10 nitrogen and oxygen atoms in total. The van der Waals surface area contributed by atoms with Crippen LogP contribution >= 0.6 is 0 Å². The molecule has 1 N–H and O–H groups in total. The Bertz CT molecular complexity index is 1490. The molecule has 2 aromatic rings. The molecule has 2 fully saturated rings. The second-order valence-electron chi connectivity index (χ2n) is 14.4. The Balaban J connectivity index is 1.61. The number of nitrogens with one attached hydrogen (secondary N) is 1. The molecule has 13 heteroatoms. The Morgan fingerprint density at radius 2 is 1.81 bits per heavy atom. The summed E-state index contributed by atoms with van der Waals surface area (Å²) in [6, 6.07) is 2.57. The first kappa shape index (κ1) is 34.7. The van der Waals surface area contributed by atoms with Gasteiger partial charge in [0.25, 0.3) is 0 Å². The molecule has 5 rings (SSSR count). The minimum absolute atomic E-state index is 0.0745.